The van der Waals surface area contributed by atoms with Gasteiger partial charge in [-0.2, -0.15) is 0 Å². The van der Waals surface area contributed by atoms with Crippen LogP contribution in [0.15, 0.2) is 94.3 Å². The first-order chi connectivity index (χ1) is 42.6. The average molecular weight is 1300 g/mol. The molecular weight excluding hydrogens is 1240 g/mol. The molecule has 4 unspecified atom stereocenters. The first-order valence-electron chi connectivity index (χ1n) is 28.1. The first-order valence-corrected chi connectivity index (χ1v) is 33.2. The Hall–Kier alpha value is -7.93. The Balaban J connectivity index is 0.938. The minimum absolute atomic E-state index is 0.00529. The van der Waals surface area contributed by atoms with E-state index in [1.165, 1.54) is 76.4 Å². The fourth-order valence-corrected chi connectivity index (χ4v) is 15.6. The Kier molecular flexibility index (Phi) is 19.4. The van der Waals surface area contributed by atoms with Gasteiger partial charge in [0.2, 0.25) is 11.8 Å². The maximum Gasteiger partial charge on any atom is 0.271 e. The Morgan fingerprint density at radius 3 is 2.12 bits per heavy atom. The summed E-state index contributed by atoms with van der Waals surface area (Å²) < 4.78 is 5.46. The molecule has 1 saturated heterocycles. The second-order valence-corrected chi connectivity index (χ2v) is 27.0. The maximum absolute atomic E-state index is 14.4. The van der Waals surface area contributed by atoms with Crippen LogP contribution in [0.25, 0.3) is 43.4 Å². The standard InChI is InChI=1S/C60H60N14O8S6/c1-30(2)45-60-73-48(42(88-60)25-82-5)53(80)62-23-44(76)70-49(50(77)33-14-10-7-11-15-33)59-69-41(29-86-59)57-66-38(26-84-57)47-35(55-67-40(27-83-55)52(79)65-37(22-43(75)61-4)58-72-46(31(3)87-58)54(81)71-45)16-17-36(64-47)56-68-39(28-85-56)51(78)63-34-18-20-74(21-19-34)24-32-12-8-6-9-13-32/h6-17,26-30,34,37,45,49-50,77H,18-25H2,1-5H3,(H,61,75)(H,62,80)(H,63,78)(H,65,79)(H,70,76)(H,71,81). The van der Waals surface area contributed by atoms with Crippen LogP contribution < -0.4 is 31.9 Å². The van der Waals surface area contributed by atoms with Crippen molar-refractivity contribution in [2.24, 2.45) is 5.92 Å². The van der Waals surface area contributed by atoms with E-state index < -0.39 is 54.4 Å². The molecular formula is C60H60N14O8S6. The number of methoxy groups -OCH3 is 1. The minimum Gasteiger partial charge on any atom is -0.386 e. The van der Waals surface area contributed by atoms with Crippen molar-refractivity contribution in [3.63, 3.8) is 0 Å². The van der Waals surface area contributed by atoms with E-state index in [0.717, 1.165) is 43.8 Å². The zero-order chi connectivity index (χ0) is 61.6. The topological polar surface area (TPSA) is 298 Å². The number of piperidine rings is 1. The van der Waals surface area contributed by atoms with Crippen molar-refractivity contribution in [3.8, 4) is 43.4 Å². The summed E-state index contributed by atoms with van der Waals surface area (Å²) in [7, 11) is 2.96. The molecule has 1 fully saturated rings. The highest BCUT2D eigenvalue weighted by atomic mass is 32.1. The summed E-state index contributed by atoms with van der Waals surface area (Å²) in [5, 5.41) is 38.7. The average Bonchev–Trinajstić information content (AvgIpc) is 3.34. The largest absolute Gasteiger partial charge is 0.386 e. The summed E-state index contributed by atoms with van der Waals surface area (Å²) in [5.41, 5.74) is 4.40. The molecule has 0 aliphatic carbocycles. The summed E-state index contributed by atoms with van der Waals surface area (Å²) >= 11 is 7.30. The molecule has 4 atom stereocenters. The van der Waals surface area contributed by atoms with Gasteiger partial charge in [0.1, 0.15) is 82.0 Å². The zero-order valence-corrected chi connectivity index (χ0v) is 53.1. The van der Waals surface area contributed by atoms with E-state index in [1.807, 2.05) is 49.6 Å². The molecule has 9 aromatic rings. The van der Waals surface area contributed by atoms with E-state index in [9.17, 15) is 33.9 Å². The van der Waals surface area contributed by atoms with E-state index in [1.54, 1.807) is 53.4 Å². The van der Waals surface area contributed by atoms with Gasteiger partial charge in [0.25, 0.3) is 23.6 Å². The van der Waals surface area contributed by atoms with Crippen molar-refractivity contribution in [2.75, 3.05) is 33.8 Å². The van der Waals surface area contributed by atoms with Gasteiger partial charge in [-0.3, -0.25) is 33.7 Å². The molecule has 0 radical (unpaired) electrons. The number of nitrogens with zero attached hydrogens (tertiary/aromatic N) is 8. The van der Waals surface area contributed by atoms with Crippen LogP contribution in [-0.2, 0) is 27.5 Å². The lowest BCUT2D eigenvalue weighted by atomic mass is 10.0. The van der Waals surface area contributed by atoms with Crippen LogP contribution in [0.2, 0.25) is 0 Å². The van der Waals surface area contributed by atoms with Crippen LogP contribution >= 0.6 is 68.0 Å². The van der Waals surface area contributed by atoms with Crippen molar-refractivity contribution < 1.29 is 38.6 Å². The number of amides is 6. The molecule has 28 heteroatoms. The number of hydrogen-bond acceptors (Lipinski definition) is 22. The summed E-state index contributed by atoms with van der Waals surface area (Å²) in [5.74, 6) is -3.34. The number of fused-ring (bicyclic) bond motifs is 14. The van der Waals surface area contributed by atoms with Crippen LogP contribution in [0.5, 0.6) is 0 Å². The van der Waals surface area contributed by atoms with Crippen molar-refractivity contribution >= 4 is 103 Å². The summed E-state index contributed by atoms with van der Waals surface area (Å²) in [6.07, 6.45) is 0.140. The molecule has 0 saturated carbocycles. The van der Waals surface area contributed by atoms with Crippen LogP contribution in [0, 0.1) is 12.8 Å². The number of nitrogens with one attached hydrogen (secondary N) is 6. The molecule has 7 aromatic heterocycles. The molecule has 7 N–H and O–H groups in total. The van der Waals surface area contributed by atoms with Gasteiger partial charge in [0.15, 0.2) is 0 Å². The Morgan fingerprint density at radius 1 is 0.682 bits per heavy atom. The quantitative estimate of drug-likeness (QED) is 0.0602. The molecule has 11 rings (SSSR count). The number of likely N-dealkylation sites (tertiary alicyclic amines) is 1. The molecule has 10 bridgehead atoms. The number of carbonyl (C=O) groups excluding carboxylic acids is 6. The predicted octanol–water partition coefficient (Wildman–Crippen LogP) is 8.71. The third-order valence-corrected chi connectivity index (χ3v) is 20.4. The Bertz CT molecular complexity index is 4000. The number of hydrogen-bond donors (Lipinski definition) is 7. The molecule has 2 aromatic carbocycles. The Morgan fingerprint density at radius 2 is 1.38 bits per heavy atom. The smallest absolute Gasteiger partial charge is 0.271 e. The number of pyridine rings is 1. The van der Waals surface area contributed by atoms with Gasteiger partial charge < -0.3 is 41.7 Å². The highest BCUT2D eigenvalue weighted by molar-refractivity contribution is 7.15. The molecule has 9 heterocycles. The van der Waals surface area contributed by atoms with E-state index in [-0.39, 0.29) is 59.6 Å². The van der Waals surface area contributed by atoms with Gasteiger partial charge in [0, 0.05) is 71.8 Å². The third kappa shape index (κ3) is 14.1. The molecule has 22 nitrogen and oxygen atoms in total. The lowest BCUT2D eigenvalue weighted by Gasteiger charge is -2.32. The fraction of sp³-hybridized carbons (Fsp3) is 0.317. The monoisotopic (exact) mass is 1300 g/mol. The lowest BCUT2D eigenvalue weighted by Crippen LogP contribution is -2.44. The number of carbonyl (C=O) groups is 6. The number of aryl methyl sites for hydroxylation is 1. The molecule has 0 spiro atoms. The molecule has 454 valence electrons. The van der Waals surface area contributed by atoms with Gasteiger partial charge in [-0.1, -0.05) is 74.5 Å². The second-order valence-electron chi connectivity index (χ2n) is 21.2. The number of ether oxygens (including phenoxy) is 1. The highest BCUT2D eigenvalue weighted by Gasteiger charge is 2.33. The third-order valence-electron chi connectivity index (χ3n) is 14.7. The highest BCUT2D eigenvalue weighted by Crippen LogP contribution is 2.40. The number of aromatic nitrogens is 7. The maximum atomic E-state index is 14.4. The lowest BCUT2D eigenvalue weighted by molar-refractivity contribution is -0.122. The van der Waals surface area contributed by atoms with E-state index >= 15 is 0 Å². The van der Waals surface area contributed by atoms with Gasteiger partial charge in [0.05, 0.1) is 42.2 Å². The second kappa shape index (κ2) is 27.6. The summed E-state index contributed by atoms with van der Waals surface area (Å²) in [4.78, 5) is 121. The van der Waals surface area contributed by atoms with Crippen molar-refractivity contribution in [1.82, 2.24) is 71.7 Å². The van der Waals surface area contributed by atoms with Gasteiger partial charge in [-0.25, -0.2) is 34.9 Å². The first kappa shape index (κ1) is 61.7. The van der Waals surface area contributed by atoms with E-state index in [4.69, 9.17) is 39.6 Å². The van der Waals surface area contributed by atoms with Gasteiger partial charge >= 0.3 is 0 Å². The van der Waals surface area contributed by atoms with Gasteiger partial charge in [-0.15, -0.1) is 68.0 Å². The normalized spacial score (nSPS) is 17.6. The van der Waals surface area contributed by atoms with Crippen LogP contribution in [-0.4, -0.2) is 120 Å². The number of aliphatic hydroxyl groups is 1. The van der Waals surface area contributed by atoms with Crippen molar-refractivity contribution in [1.29, 1.82) is 0 Å². The number of rotatable bonds is 12. The number of aliphatic hydroxyl groups excluding tert-OH is 1. The van der Waals surface area contributed by atoms with Crippen molar-refractivity contribution in [3.05, 3.63) is 153 Å². The predicted molar refractivity (Wildman–Crippen MR) is 339 cm³/mol. The van der Waals surface area contributed by atoms with Crippen molar-refractivity contribution in [2.45, 2.75) is 83.5 Å². The zero-order valence-electron chi connectivity index (χ0n) is 48.2. The summed E-state index contributed by atoms with van der Waals surface area (Å²) in [6, 6.07) is 20.0. The van der Waals surface area contributed by atoms with Crippen LogP contribution in [0.3, 0.4) is 0 Å². The SMILES string of the molecule is CNC(=O)CC1NC(=O)c2csc(n2)-c2ccc(-c3nc(C(=O)NC4CCN(Cc5ccccc5)CC4)cs3)nc2-c2csc(n2)-c2csc(n2)C(C(O)c2ccccc2)NC(=O)CNC(=O)c2nc(sc2COC)C(C(C)C)NC(=O)c2nc1sc2C. The summed E-state index contributed by atoms with van der Waals surface area (Å²) in [6.45, 7) is 7.57. The Labute approximate surface area is 529 Å². The molecule has 2 aliphatic heterocycles. The van der Waals surface area contributed by atoms with Crippen LogP contribution in [0.1, 0.15) is 135 Å². The number of benzene rings is 2. The minimum atomic E-state index is -1.27. The van der Waals surface area contributed by atoms with Crippen LogP contribution in [0.4, 0.5) is 0 Å². The van der Waals surface area contributed by atoms with E-state index in [0.29, 0.717) is 73.7 Å². The molecule has 6 amide bonds. The number of thiazole rings is 6. The van der Waals surface area contributed by atoms with Gasteiger partial charge in [-0.05, 0) is 48.9 Å². The molecule has 88 heavy (non-hydrogen) atoms. The fourth-order valence-electron chi connectivity index (χ4n) is 10.0. The van der Waals surface area contributed by atoms with E-state index in [2.05, 4.69) is 48.9 Å². The molecule has 2 aliphatic rings.